The van der Waals surface area contributed by atoms with Gasteiger partial charge in [-0.2, -0.15) is 0 Å². The van der Waals surface area contributed by atoms with Crippen molar-refractivity contribution >= 4 is 23.4 Å². The van der Waals surface area contributed by atoms with Crippen molar-refractivity contribution in [2.24, 2.45) is 23.7 Å². The van der Waals surface area contributed by atoms with E-state index in [1.165, 1.54) is 20.3 Å². The first-order valence-corrected chi connectivity index (χ1v) is 11.2. The zero-order chi connectivity index (χ0) is 21.6. The van der Waals surface area contributed by atoms with Crippen LogP contribution in [0.5, 0.6) is 0 Å². The van der Waals surface area contributed by atoms with Crippen LogP contribution in [0.2, 0.25) is 0 Å². The summed E-state index contributed by atoms with van der Waals surface area (Å²) in [5.41, 5.74) is 0. The molecule has 0 saturated heterocycles. The molecule has 0 unspecified atom stereocenters. The highest BCUT2D eigenvalue weighted by atomic mass is 16.2. The van der Waals surface area contributed by atoms with Gasteiger partial charge in [0.05, 0.1) is 12.8 Å². The van der Waals surface area contributed by atoms with Gasteiger partial charge in [0.15, 0.2) is 0 Å². The molecule has 0 bridgehead atoms. The fourth-order valence-corrected chi connectivity index (χ4v) is 5.31. The van der Waals surface area contributed by atoms with Crippen molar-refractivity contribution in [3.05, 3.63) is 0 Å². The van der Waals surface area contributed by atoms with Crippen LogP contribution in [0.3, 0.4) is 0 Å². The highest BCUT2D eigenvalue weighted by Crippen LogP contribution is 2.39. The second kappa shape index (κ2) is 10.9. The normalized spacial score (nSPS) is 32.3. The van der Waals surface area contributed by atoms with Gasteiger partial charge >= 0.3 is 0 Å². The molecule has 6 heteroatoms. The van der Waals surface area contributed by atoms with Gasteiger partial charge < -0.3 is 10.6 Å². The number of amides is 2. The summed E-state index contributed by atoms with van der Waals surface area (Å²) >= 11 is 0. The van der Waals surface area contributed by atoms with E-state index in [1.807, 2.05) is 0 Å². The maximum atomic E-state index is 11.9. The summed E-state index contributed by atoms with van der Waals surface area (Å²) in [6, 6.07) is 0.369. The van der Waals surface area contributed by atoms with E-state index in [0.29, 0.717) is 23.7 Å². The molecular formula is C23H38N2O4. The minimum absolute atomic E-state index is 0.0171. The van der Waals surface area contributed by atoms with Crippen LogP contribution in [-0.2, 0) is 19.2 Å². The lowest BCUT2D eigenvalue weighted by Gasteiger charge is -2.39. The van der Waals surface area contributed by atoms with Gasteiger partial charge in [0.2, 0.25) is 11.8 Å². The summed E-state index contributed by atoms with van der Waals surface area (Å²) in [6.45, 7) is 7.30. The topological polar surface area (TPSA) is 92.3 Å². The van der Waals surface area contributed by atoms with Crippen molar-refractivity contribution in [2.45, 2.75) is 97.6 Å². The largest absolute Gasteiger partial charge is 0.353 e. The van der Waals surface area contributed by atoms with Gasteiger partial charge in [0.25, 0.3) is 0 Å². The molecule has 0 radical (unpaired) electrons. The number of hydrogen-bond acceptors (Lipinski definition) is 4. The minimum atomic E-state index is -0.147. The van der Waals surface area contributed by atoms with Gasteiger partial charge in [-0.15, -0.1) is 0 Å². The highest BCUT2D eigenvalue weighted by Gasteiger charge is 2.33. The summed E-state index contributed by atoms with van der Waals surface area (Å²) in [7, 11) is 0. The van der Waals surface area contributed by atoms with Gasteiger partial charge in [-0.1, -0.05) is 13.8 Å². The van der Waals surface area contributed by atoms with E-state index in [2.05, 4.69) is 24.5 Å². The van der Waals surface area contributed by atoms with Crippen molar-refractivity contribution in [1.82, 2.24) is 10.6 Å². The second-order valence-corrected chi connectivity index (χ2v) is 9.65. The van der Waals surface area contributed by atoms with E-state index in [-0.39, 0.29) is 48.3 Å². The van der Waals surface area contributed by atoms with Gasteiger partial charge in [-0.3, -0.25) is 19.2 Å². The Kier molecular flexibility index (Phi) is 8.84. The van der Waals surface area contributed by atoms with E-state index in [1.54, 1.807) is 0 Å². The van der Waals surface area contributed by atoms with Crippen LogP contribution in [0.4, 0.5) is 0 Å². The molecule has 2 N–H and O–H groups in total. The van der Waals surface area contributed by atoms with Crippen LogP contribution < -0.4 is 10.6 Å². The lowest BCUT2D eigenvalue weighted by atomic mass is 9.70. The molecule has 0 aromatic rings. The van der Waals surface area contributed by atoms with Crippen LogP contribution in [-0.4, -0.2) is 35.5 Å². The van der Waals surface area contributed by atoms with Crippen molar-refractivity contribution < 1.29 is 19.2 Å². The Morgan fingerprint density at radius 2 is 1.07 bits per heavy atom. The molecule has 2 aliphatic rings. The number of nitrogens with one attached hydrogen (secondary N) is 2. The first-order valence-electron chi connectivity index (χ1n) is 11.2. The Morgan fingerprint density at radius 1 is 0.690 bits per heavy atom. The number of hydrogen-bond donors (Lipinski definition) is 2. The molecule has 0 heterocycles. The Labute approximate surface area is 175 Å². The molecule has 29 heavy (non-hydrogen) atoms. The Balaban J connectivity index is 1.74. The third-order valence-corrected chi connectivity index (χ3v) is 6.73. The van der Waals surface area contributed by atoms with Gasteiger partial charge in [-0.25, -0.2) is 0 Å². The SMILES string of the molecule is CC(=O)CC(=O)N[C@H]1CC[C@@H](C[C@H]2CC[C@@H](NC(=O)CC(C)=O)[C@H](C)C2)C[C@@H]1C. The van der Waals surface area contributed by atoms with Gasteiger partial charge in [-0.05, 0) is 82.5 Å². The lowest BCUT2D eigenvalue weighted by molar-refractivity contribution is -0.129. The first kappa shape index (κ1) is 23.6. The third kappa shape index (κ3) is 7.90. The standard InChI is InChI=1S/C23H38N2O4/c1-14-9-18(5-7-20(14)24-22(28)11-16(3)26)13-19-6-8-21(15(2)10-19)25-23(29)12-17(4)27/h14-15,18-21H,5-13H2,1-4H3,(H,24,28)(H,25,29)/t14-,15+,18+,19-,20-,21+. The van der Waals surface area contributed by atoms with Crippen molar-refractivity contribution in [3.8, 4) is 0 Å². The van der Waals surface area contributed by atoms with Crippen molar-refractivity contribution in [2.75, 3.05) is 0 Å². The fourth-order valence-electron chi connectivity index (χ4n) is 5.31. The molecule has 0 aliphatic heterocycles. The fraction of sp³-hybridized carbons (Fsp3) is 0.826. The molecule has 164 valence electrons. The summed E-state index contributed by atoms with van der Waals surface area (Å²) in [5.74, 6) is 1.77. The average molecular weight is 407 g/mol. The second-order valence-electron chi connectivity index (χ2n) is 9.65. The number of rotatable bonds is 8. The Morgan fingerprint density at radius 3 is 1.38 bits per heavy atom. The van der Waals surface area contributed by atoms with Crippen LogP contribution >= 0.6 is 0 Å². The van der Waals surface area contributed by atoms with Crippen LogP contribution in [0, 0.1) is 23.7 Å². The molecule has 2 amide bonds. The van der Waals surface area contributed by atoms with E-state index < -0.39 is 0 Å². The first-order chi connectivity index (χ1) is 13.6. The summed E-state index contributed by atoms with van der Waals surface area (Å²) in [4.78, 5) is 46.0. The molecule has 2 saturated carbocycles. The van der Waals surface area contributed by atoms with Crippen molar-refractivity contribution in [3.63, 3.8) is 0 Å². The minimum Gasteiger partial charge on any atom is -0.353 e. The molecular weight excluding hydrogens is 368 g/mol. The third-order valence-electron chi connectivity index (χ3n) is 6.73. The summed E-state index contributed by atoms with van der Waals surface area (Å²) < 4.78 is 0. The van der Waals surface area contributed by atoms with Gasteiger partial charge in [0.1, 0.15) is 11.6 Å². The van der Waals surface area contributed by atoms with Crippen LogP contribution in [0.15, 0.2) is 0 Å². The van der Waals surface area contributed by atoms with E-state index in [4.69, 9.17) is 0 Å². The molecule has 6 nitrogen and oxygen atoms in total. The van der Waals surface area contributed by atoms with Gasteiger partial charge in [0, 0.05) is 12.1 Å². The zero-order valence-electron chi connectivity index (χ0n) is 18.5. The number of carbonyl (C=O) groups excluding carboxylic acids is 4. The maximum Gasteiger partial charge on any atom is 0.227 e. The predicted octanol–water partition coefficient (Wildman–Crippen LogP) is 3.18. The Hall–Kier alpha value is -1.72. The van der Waals surface area contributed by atoms with E-state index >= 15 is 0 Å². The predicted molar refractivity (Wildman–Crippen MR) is 112 cm³/mol. The van der Waals surface area contributed by atoms with Crippen molar-refractivity contribution in [1.29, 1.82) is 0 Å². The number of ketones is 2. The monoisotopic (exact) mass is 406 g/mol. The molecule has 2 fully saturated rings. The molecule has 0 aromatic carbocycles. The zero-order valence-corrected chi connectivity index (χ0v) is 18.5. The molecule has 2 rings (SSSR count). The van der Waals surface area contributed by atoms with Crippen LogP contribution in [0.25, 0.3) is 0 Å². The number of Topliss-reactive ketones (excluding diaryl/α,β-unsaturated/α-hetero) is 2. The average Bonchev–Trinajstić information content (AvgIpc) is 2.58. The summed E-state index contributed by atoms with van der Waals surface area (Å²) in [6.07, 6.45) is 7.65. The maximum absolute atomic E-state index is 11.9. The quantitative estimate of drug-likeness (QED) is 0.606. The Bertz CT molecular complexity index is 566. The molecule has 6 atom stereocenters. The summed E-state index contributed by atoms with van der Waals surface area (Å²) in [5, 5.41) is 6.09. The van der Waals surface area contributed by atoms with E-state index in [9.17, 15) is 19.2 Å². The smallest absolute Gasteiger partial charge is 0.227 e. The molecule has 0 aromatic heterocycles. The van der Waals surface area contributed by atoms with E-state index in [0.717, 1.165) is 38.5 Å². The lowest BCUT2D eigenvalue weighted by Crippen LogP contribution is -2.44. The molecule has 0 spiro atoms. The number of carbonyl (C=O) groups is 4. The highest BCUT2D eigenvalue weighted by molar-refractivity contribution is 5.97. The van der Waals surface area contributed by atoms with Crippen LogP contribution in [0.1, 0.15) is 85.5 Å². The molecule has 2 aliphatic carbocycles.